The zero-order chi connectivity index (χ0) is 18.8. The number of nitro benzene ring substituents is 1. The molecule has 6 nitrogen and oxygen atoms in total. The van der Waals surface area contributed by atoms with Gasteiger partial charge in [-0.2, -0.15) is 0 Å². The normalized spacial score (nSPS) is 11.0. The number of thiophene rings is 1. The summed E-state index contributed by atoms with van der Waals surface area (Å²) in [6.45, 7) is 0. The minimum absolute atomic E-state index is 0.0590. The van der Waals surface area contributed by atoms with Crippen LogP contribution in [0.15, 0.2) is 69.9 Å². The SMILES string of the molecule is O=c1[nH]c(SCc2ccc([N+](=O)[O-])cc2)nc2scc(-c3ccccc3)c12. The van der Waals surface area contributed by atoms with Crippen LogP contribution in [0.4, 0.5) is 5.69 Å². The maximum atomic E-state index is 12.6. The highest BCUT2D eigenvalue weighted by molar-refractivity contribution is 7.98. The van der Waals surface area contributed by atoms with Gasteiger partial charge in [0.1, 0.15) is 4.83 Å². The van der Waals surface area contributed by atoms with Crippen molar-refractivity contribution < 1.29 is 4.92 Å². The van der Waals surface area contributed by atoms with Gasteiger partial charge in [0.2, 0.25) is 0 Å². The minimum Gasteiger partial charge on any atom is -0.301 e. The molecule has 0 aliphatic heterocycles. The van der Waals surface area contributed by atoms with Gasteiger partial charge in [-0.15, -0.1) is 11.3 Å². The molecule has 0 saturated carbocycles. The van der Waals surface area contributed by atoms with Crippen molar-refractivity contribution in [2.24, 2.45) is 0 Å². The number of thioether (sulfide) groups is 1. The van der Waals surface area contributed by atoms with Gasteiger partial charge < -0.3 is 4.98 Å². The highest BCUT2D eigenvalue weighted by atomic mass is 32.2. The average molecular weight is 395 g/mol. The number of nitrogens with one attached hydrogen (secondary N) is 1. The topological polar surface area (TPSA) is 88.9 Å². The molecular weight excluding hydrogens is 382 g/mol. The van der Waals surface area contributed by atoms with Gasteiger partial charge in [0.25, 0.3) is 11.2 Å². The molecule has 27 heavy (non-hydrogen) atoms. The number of fused-ring (bicyclic) bond motifs is 1. The first-order valence-corrected chi connectivity index (χ1v) is 9.91. The number of nitrogens with zero attached hydrogens (tertiary/aromatic N) is 2. The van der Waals surface area contributed by atoms with Gasteiger partial charge >= 0.3 is 0 Å². The predicted molar refractivity (Wildman–Crippen MR) is 108 cm³/mol. The second-order valence-electron chi connectivity index (χ2n) is 5.78. The van der Waals surface area contributed by atoms with Gasteiger partial charge in [-0.25, -0.2) is 4.98 Å². The zero-order valence-corrected chi connectivity index (χ0v) is 15.5. The van der Waals surface area contributed by atoms with Gasteiger partial charge in [-0.3, -0.25) is 14.9 Å². The standard InChI is InChI=1S/C19H13N3O3S2/c23-17-16-15(13-4-2-1-3-5-13)11-26-18(16)21-19(20-17)27-10-12-6-8-14(9-7-12)22(24)25/h1-9,11H,10H2,(H,20,21,23). The Labute approximate surface area is 162 Å². The molecule has 8 heteroatoms. The summed E-state index contributed by atoms with van der Waals surface area (Å²) in [7, 11) is 0. The van der Waals surface area contributed by atoms with Crippen LogP contribution in [0.3, 0.4) is 0 Å². The lowest BCUT2D eigenvalue weighted by Crippen LogP contribution is -2.08. The Balaban J connectivity index is 1.59. The zero-order valence-electron chi connectivity index (χ0n) is 13.9. The van der Waals surface area contributed by atoms with E-state index < -0.39 is 4.92 Å². The summed E-state index contributed by atoms with van der Waals surface area (Å²) < 4.78 is 0. The molecule has 0 bridgehead atoms. The molecule has 2 aromatic carbocycles. The van der Waals surface area contributed by atoms with Gasteiger partial charge in [0, 0.05) is 28.8 Å². The van der Waals surface area contributed by atoms with E-state index in [2.05, 4.69) is 9.97 Å². The summed E-state index contributed by atoms with van der Waals surface area (Å²) in [6, 6.07) is 16.1. The van der Waals surface area contributed by atoms with E-state index in [1.54, 1.807) is 12.1 Å². The molecule has 0 spiro atoms. The molecule has 4 rings (SSSR count). The first-order chi connectivity index (χ1) is 13.1. The second-order valence-corrected chi connectivity index (χ2v) is 7.60. The summed E-state index contributed by atoms with van der Waals surface area (Å²) in [5.74, 6) is 0.559. The second kappa shape index (κ2) is 7.34. The van der Waals surface area contributed by atoms with Crippen LogP contribution in [0.25, 0.3) is 21.3 Å². The Morgan fingerprint density at radius 3 is 2.56 bits per heavy atom. The van der Waals surface area contributed by atoms with Crippen molar-refractivity contribution in [3.8, 4) is 11.1 Å². The van der Waals surface area contributed by atoms with Crippen LogP contribution in [-0.2, 0) is 5.75 Å². The number of hydrogen-bond donors (Lipinski definition) is 1. The minimum atomic E-state index is -0.426. The quantitative estimate of drug-likeness (QED) is 0.226. The first-order valence-electron chi connectivity index (χ1n) is 8.05. The number of hydrogen-bond acceptors (Lipinski definition) is 6. The van der Waals surface area contributed by atoms with Crippen molar-refractivity contribution in [2.45, 2.75) is 10.9 Å². The molecule has 2 aromatic heterocycles. The third kappa shape index (κ3) is 3.62. The number of non-ortho nitro benzene ring substituents is 1. The maximum absolute atomic E-state index is 12.6. The van der Waals surface area contributed by atoms with Crippen molar-refractivity contribution >= 4 is 39.0 Å². The van der Waals surface area contributed by atoms with Crippen molar-refractivity contribution in [1.82, 2.24) is 9.97 Å². The fourth-order valence-corrected chi connectivity index (χ4v) is 4.52. The number of benzene rings is 2. The van der Waals surface area contributed by atoms with Crippen molar-refractivity contribution in [2.75, 3.05) is 0 Å². The van der Waals surface area contributed by atoms with E-state index >= 15 is 0 Å². The van der Waals surface area contributed by atoms with Crippen molar-refractivity contribution in [3.63, 3.8) is 0 Å². The summed E-state index contributed by atoms with van der Waals surface area (Å²) in [5.41, 5.74) is 2.69. The molecule has 0 fully saturated rings. The number of aromatic amines is 1. The molecule has 0 amide bonds. The van der Waals surface area contributed by atoms with Gasteiger partial charge in [0.15, 0.2) is 5.16 Å². The van der Waals surface area contributed by atoms with Gasteiger partial charge in [-0.05, 0) is 11.1 Å². The van der Waals surface area contributed by atoms with E-state index in [-0.39, 0.29) is 11.2 Å². The monoisotopic (exact) mass is 395 g/mol. The molecule has 2 heterocycles. The Kier molecular flexibility index (Phi) is 4.74. The first kappa shape index (κ1) is 17.4. The molecule has 0 saturated heterocycles. The van der Waals surface area contributed by atoms with Gasteiger partial charge in [-0.1, -0.05) is 54.2 Å². The third-order valence-corrected chi connectivity index (χ3v) is 5.85. The molecule has 1 N–H and O–H groups in total. The van der Waals surface area contributed by atoms with E-state index in [4.69, 9.17) is 0 Å². The maximum Gasteiger partial charge on any atom is 0.269 e. The lowest BCUT2D eigenvalue weighted by molar-refractivity contribution is -0.384. The third-order valence-electron chi connectivity index (χ3n) is 4.03. The van der Waals surface area contributed by atoms with Crippen LogP contribution >= 0.6 is 23.1 Å². The van der Waals surface area contributed by atoms with Crippen molar-refractivity contribution in [3.05, 3.63) is 86.0 Å². The molecule has 134 valence electrons. The summed E-state index contributed by atoms with van der Waals surface area (Å²) in [4.78, 5) is 31.0. The highest BCUT2D eigenvalue weighted by Crippen LogP contribution is 2.31. The molecule has 0 aliphatic rings. The fraction of sp³-hybridized carbons (Fsp3) is 0.0526. The summed E-state index contributed by atoms with van der Waals surface area (Å²) in [6.07, 6.45) is 0. The Morgan fingerprint density at radius 2 is 1.85 bits per heavy atom. The number of aromatic nitrogens is 2. The van der Waals surface area contributed by atoms with E-state index in [1.807, 2.05) is 35.7 Å². The Hall–Kier alpha value is -2.97. The van der Waals surface area contributed by atoms with Gasteiger partial charge in [0.05, 0.1) is 10.3 Å². The van der Waals surface area contributed by atoms with E-state index in [0.29, 0.717) is 21.1 Å². The van der Waals surface area contributed by atoms with Crippen molar-refractivity contribution in [1.29, 1.82) is 0 Å². The Bertz CT molecular complexity index is 1170. The average Bonchev–Trinajstić information content (AvgIpc) is 3.12. The largest absolute Gasteiger partial charge is 0.301 e. The van der Waals surface area contributed by atoms with Crippen LogP contribution in [0.1, 0.15) is 5.56 Å². The lowest BCUT2D eigenvalue weighted by atomic mass is 10.1. The number of rotatable bonds is 5. The van der Waals surface area contributed by atoms with Crippen LogP contribution in [0, 0.1) is 10.1 Å². The molecular formula is C19H13N3O3S2. The lowest BCUT2D eigenvalue weighted by Gasteiger charge is -2.03. The molecule has 0 radical (unpaired) electrons. The highest BCUT2D eigenvalue weighted by Gasteiger charge is 2.13. The van der Waals surface area contributed by atoms with E-state index in [1.165, 1.54) is 35.2 Å². The van der Waals surface area contributed by atoms with Crippen LogP contribution in [0.5, 0.6) is 0 Å². The van der Waals surface area contributed by atoms with E-state index in [0.717, 1.165) is 16.7 Å². The Morgan fingerprint density at radius 1 is 1.11 bits per heavy atom. The molecule has 0 aliphatic carbocycles. The number of H-pyrrole nitrogens is 1. The van der Waals surface area contributed by atoms with Crippen LogP contribution in [0.2, 0.25) is 0 Å². The molecule has 0 atom stereocenters. The summed E-state index contributed by atoms with van der Waals surface area (Å²) in [5, 5.41) is 13.8. The fourth-order valence-electron chi connectivity index (χ4n) is 2.69. The van der Waals surface area contributed by atoms with Crippen LogP contribution < -0.4 is 5.56 Å². The van der Waals surface area contributed by atoms with E-state index in [9.17, 15) is 14.9 Å². The van der Waals surface area contributed by atoms with Crippen LogP contribution in [-0.4, -0.2) is 14.9 Å². The molecule has 4 aromatic rings. The predicted octanol–water partition coefficient (Wildman–Crippen LogP) is 4.85. The summed E-state index contributed by atoms with van der Waals surface area (Å²) >= 11 is 2.84. The number of nitro groups is 1. The molecule has 0 unspecified atom stereocenters. The smallest absolute Gasteiger partial charge is 0.269 e.